The predicted octanol–water partition coefficient (Wildman–Crippen LogP) is 2.91. The molecular weight excluding hydrogens is 306 g/mol. The maximum absolute atomic E-state index is 12.3. The summed E-state index contributed by atoms with van der Waals surface area (Å²) in [7, 11) is 0. The van der Waals surface area contributed by atoms with Crippen LogP contribution in [0.3, 0.4) is 0 Å². The molecule has 1 aromatic carbocycles. The first kappa shape index (κ1) is 15.9. The van der Waals surface area contributed by atoms with E-state index in [1.54, 1.807) is 11.8 Å². The molecule has 2 heterocycles. The molecule has 0 radical (unpaired) electrons. The molecule has 0 aliphatic carbocycles. The first-order chi connectivity index (χ1) is 11.3. The number of thioether (sulfide) groups is 1. The molecule has 4 nitrogen and oxygen atoms in total. The largest absolute Gasteiger partial charge is 0.353 e. The maximum atomic E-state index is 12.3. The van der Waals surface area contributed by atoms with E-state index in [1.807, 2.05) is 47.5 Å². The van der Waals surface area contributed by atoms with Gasteiger partial charge in [0, 0.05) is 49.4 Å². The number of pyridine rings is 1. The smallest absolute Gasteiger partial charge is 0.223 e. The molecule has 2 aromatic rings. The van der Waals surface area contributed by atoms with E-state index >= 15 is 0 Å². The van der Waals surface area contributed by atoms with Gasteiger partial charge < -0.3 is 9.80 Å². The zero-order valence-corrected chi connectivity index (χ0v) is 13.9. The first-order valence-electron chi connectivity index (χ1n) is 7.94. The van der Waals surface area contributed by atoms with Crippen molar-refractivity contribution in [1.29, 1.82) is 0 Å². The van der Waals surface area contributed by atoms with Gasteiger partial charge >= 0.3 is 0 Å². The molecule has 3 rings (SSSR count). The summed E-state index contributed by atoms with van der Waals surface area (Å²) in [5.74, 6) is 2.09. The Morgan fingerprint density at radius 3 is 2.43 bits per heavy atom. The molecule has 1 aromatic heterocycles. The third-order valence-electron chi connectivity index (χ3n) is 3.93. The zero-order chi connectivity index (χ0) is 15.9. The van der Waals surface area contributed by atoms with Crippen LogP contribution in [0.25, 0.3) is 0 Å². The molecule has 120 valence electrons. The molecular formula is C18H21N3OS. The van der Waals surface area contributed by atoms with Crippen LogP contribution in [0.15, 0.2) is 59.6 Å². The summed E-state index contributed by atoms with van der Waals surface area (Å²) in [6.07, 6.45) is 2.41. The summed E-state index contributed by atoms with van der Waals surface area (Å²) in [5.41, 5.74) is 0. The lowest BCUT2D eigenvalue weighted by molar-refractivity contribution is -0.131. The first-order valence-corrected chi connectivity index (χ1v) is 8.93. The molecule has 1 amide bonds. The van der Waals surface area contributed by atoms with Crippen LogP contribution in [0.4, 0.5) is 5.82 Å². The second-order valence-corrected chi connectivity index (χ2v) is 6.64. The Balaban J connectivity index is 1.41. The van der Waals surface area contributed by atoms with Crippen molar-refractivity contribution in [3.05, 3.63) is 54.7 Å². The van der Waals surface area contributed by atoms with Crippen LogP contribution in [-0.4, -0.2) is 47.7 Å². The summed E-state index contributed by atoms with van der Waals surface area (Å²) < 4.78 is 0. The molecule has 1 aliphatic rings. The summed E-state index contributed by atoms with van der Waals surface area (Å²) in [6, 6.07) is 16.2. The van der Waals surface area contributed by atoms with E-state index in [0.717, 1.165) is 37.7 Å². The van der Waals surface area contributed by atoms with Crippen molar-refractivity contribution in [2.45, 2.75) is 11.3 Å². The Kier molecular flexibility index (Phi) is 5.53. The lowest BCUT2D eigenvalue weighted by Gasteiger charge is -2.35. The van der Waals surface area contributed by atoms with Crippen LogP contribution in [0.1, 0.15) is 6.42 Å². The van der Waals surface area contributed by atoms with Gasteiger partial charge in [-0.25, -0.2) is 4.98 Å². The summed E-state index contributed by atoms with van der Waals surface area (Å²) in [4.78, 5) is 22.1. The van der Waals surface area contributed by atoms with Crippen molar-refractivity contribution in [2.75, 3.05) is 36.8 Å². The molecule has 1 fully saturated rings. The van der Waals surface area contributed by atoms with Crippen LogP contribution in [0.2, 0.25) is 0 Å². The second-order valence-electron chi connectivity index (χ2n) is 5.47. The monoisotopic (exact) mass is 327 g/mol. The minimum Gasteiger partial charge on any atom is -0.353 e. The second kappa shape index (κ2) is 8.02. The Morgan fingerprint density at radius 2 is 1.74 bits per heavy atom. The predicted molar refractivity (Wildman–Crippen MR) is 94.8 cm³/mol. The Labute approximate surface area is 141 Å². The van der Waals surface area contributed by atoms with Gasteiger partial charge in [-0.2, -0.15) is 0 Å². The molecule has 1 aliphatic heterocycles. The van der Waals surface area contributed by atoms with E-state index in [2.05, 4.69) is 22.0 Å². The minimum atomic E-state index is 0.258. The van der Waals surface area contributed by atoms with Gasteiger partial charge in [-0.15, -0.1) is 11.8 Å². The number of rotatable bonds is 5. The number of nitrogens with zero attached hydrogens (tertiary/aromatic N) is 3. The van der Waals surface area contributed by atoms with E-state index in [9.17, 15) is 4.79 Å². The van der Waals surface area contributed by atoms with Gasteiger partial charge in [-0.1, -0.05) is 24.3 Å². The van der Waals surface area contributed by atoms with Crippen molar-refractivity contribution in [3.63, 3.8) is 0 Å². The molecule has 23 heavy (non-hydrogen) atoms. The number of benzene rings is 1. The highest BCUT2D eigenvalue weighted by atomic mass is 32.2. The van der Waals surface area contributed by atoms with Gasteiger partial charge in [0.15, 0.2) is 0 Å². The number of anilines is 1. The average molecular weight is 327 g/mol. The van der Waals surface area contributed by atoms with Crippen LogP contribution in [0, 0.1) is 0 Å². The van der Waals surface area contributed by atoms with E-state index in [4.69, 9.17) is 0 Å². The normalized spacial score (nSPS) is 14.8. The number of amides is 1. The summed E-state index contributed by atoms with van der Waals surface area (Å²) >= 11 is 1.74. The minimum absolute atomic E-state index is 0.258. The highest BCUT2D eigenvalue weighted by molar-refractivity contribution is 7.99. The van der Waals surface area contributed by atoms with Crippen LogP contribution in [0.5, 0.6) is 0 Å². The van der Waals surface area contributed by atoms with Gasteiger partial charge in [0.2, 0.25) is 5.91 Å². The fourth-order valence-corrected chi connectivity index (χ4v) is 3.52. The fraction of sp³-hybridized carbons (Fsp3) is 0.333. The number of carbonyl (C=O) groups excluding carboxylic acids is 1. The van der Waals surface area contributed by atoms with Crippen molar-refractivity contribution < 1.29 is 4.79 Å². The van der Waals surface area contributed by atoms with Crippen molar-refractivity contribution in [2.24, 2.45) is 0 Å². The van der Waals surface area contributed by atoms with Gasteiger partial charge in [-0.05, 0) is 24.3 Å². The van der Waals surface area contributed by atoms with E-state index in [-0.39, 0.29) is 5.91 Å². The van der Waals surface area contributed by atoms with E-state index in [0.29, 0.717) is 6.42 Å². The number of hydrogen-bond acceptors (Lipinski definition) is 4. The average Bonchev–Trinajstić information content (AvgIpc) is 2.63. The quantitative estimate of drug-likeness (QED) is 0.791. The Hall–Kier alpha value is -2.01. The van der Waals surface area contributed by atoms with Crippen molar-refractivity contribution in [3.8, 4) is 0 Å². The van der Waals surface area contributed by atoms with Crippen LogP contribution >= 0.6 is 11.8 Å². The van der Waals surface area contributed by atoms with Crippen LogP contribution in [-0.2, 0) is 4.79 Å². The summed E-state index contributed by atoms with van der Waals surface area (Å²) in [6.45, 7) is 3.28. The molecule has 5 heteroatoms. The Bertz CT molecular complexity index is 613. The number of piperazine rings is 1. The summed E-state index contributed by atoms with van der Waals surface area (Å²) in [5, 5.41) is 0. The Morgan fingerprint density at radius 1 is 1.00 bits per heavy atom. The fourth-order valence-electron chi connectivity index (χ4n) is 2.66. The van der Waals surface area contributed by atoms with Gasteiger partial charge in [-0.3, -0.25) is 4.79 Å². The van der Waals surface area contributed by atoms with E-state index in [1.165, 1.54) is 4.90 Å². The SMILES string of the molecule is O=C(CCSc1ccccc1)N1CCN(c2ccccn2)CC1. The topological polar surface area (TPSA) is 36.4 Å². The molecule has 0 saturated carbocycles. The molecule has 0 atom stereocenters. The van der Waals surface area contributed by atoms with Gasteiger partial charge in [0.05, 0.1) is 0 Å². The zero-order valence-electron chi connectivity index (χ0n) is 13.1. The number of hydrogen-bond donors (Lipinski definition) is 0. The maximum Gasteiger partial charge on any atom is 0.223 e. The van der Waals surface area contributed by atoms with Gasteiger partial charge in [0.1, 0.15) is 5.82 Å². The number of carbonyl (C=O) groups is 1. The molecule has 0 spiro atoms. The van der Waals surface area contributed by atoms with Crippen molar-refractivity contribution in [1.82, 2.24) is 9.88 Å². The molecule has 1 saturated heterocycles. The lowest BCUT2D eigenvalue weighted by Crippen LogP contribution is -2.49. The third kappa shape index (κ3) is 4.48. The third-order valence-corrected chi connectivity index (χ3v) is 4.95. The van der Waals surface area contributed by atoms with Crippen molar-refractivity contribution >= 4 is 23.5 Å². The molecule has 0 N–H and O–H groups in total. The standard InChI is InChI=1S/C18H21N3OS/c22-18(9-15-23-16-6-2-1-3-7-16)21-13-11-20(12-14-21)17-8-4-5-10-19-17/h1-8,10H,9,11-15H2. The lowest BCUT2D eigenvalue weighted by atomic mass is 10.3. The molecule has 0 bridgehead atoms. The highest BCUT2D eigenvalue weighted by Gasteiger charge is 2.21. The molecule has 0 unspecified atom stereocenters. The van der Waals surface area contributed by atoms with E-state index < -0.39 is 0 Å². The number of aromatic nitrogens is 1. The highest BCUT2D eigenvalue weighted by Crippen LogP contribution is 2.19. The van der Waals surface area contributed by atoms with Crippen LogP contribution < -0.4 is 4.90 Å². The van der Waals surface area contributed by atoms with Gasteiger partial charge in [0.25, 0.3) is 0 Å².